The van der Waals surface area contributed by atoms with Gasteiger partial charge < -0.3 is 5.11 Å². The molecule has 0 saturated carbocycles. The van der Waals surface area contributed by atoms with Crippen LogP contribution >= 0.6 is 11.6 Å². The monoisotopic (exact) mass is 318 g/mol. The second-order valence-corrected chi connectivity index (χ2v) is 6.48. The lowest BCUT2D eigenvalue weighted by atomic mass is 9.84. The third-order valence-corrected chi connectivity index (χ3v) is 4.92. The highest BCUT2D eigenvalue weighted by Crippen LogP contribution is 2.35. The zero-order chi connectivity index (χ0) is 15.7. The fourth-order valence-electron chi connectivity index (χ4n) is 3.30. The first kappa shape index (κ1) is 15.3. The number of nitrogens with zero attached hydrogens (tertiary/aromatic N) is 2. The van der Waals surface area contributed by atoms with E-state index in [-0.39, 0.29) is 0 Å². The van der Waals surface area contributed by atoms with Crippen molar-refractivity contribution >= 4 is 28.5 Å². The summed E-state index contributed by atoms with van der Waals surface area (Å²) >= 11 is 6.20. The molecule has 116 valence electrons. The van der Waals surface area contributed by atoms with E-state index in [9.17, 15) is 9.90 Å². The van der Waals surface area contributed by atoms with Gasteiger partial charge in [0.15, 0.2) is 0 Å². The molecule has 0 aliphatic carbocycles. The molecular weight excluding hydrogens is 300 g/mol. The molecule has 1 fully saturated rings. The molecule has 2 heterocycles. The van der Waals surface area contributed by atoms with Crippen LogP contribution in [0, 0.1) is 5.41 Å². The van der Waals surface area contributed by atoms with E-state index in [1.807, 2.05) is 31.2 Å². The predicted octanol–water partition coefficient (Wildman–Crippen LogP) is 3.57. The number of pyridine rings is 1. The number of aromatic nitrogens is 1. The third-order valence-electron chi connectivity index (χ3n) is 4.71. The van der Waals surface area contributed by atoms with Gasteiger partial charge in [0, 0.05) is 29.7 Å². The highest BCUT2D eigenvalue weighted by Gasteiger charge is 2.43. The summed E-state index contributed by atoms with van der Waals surface area (Å²) in [7, 11) is 0. The fraction of sp³-hybridized carbons (Fsp3) is 0.412. The summed E-state index contributed by atoms with van der Waals surface area (Å²) in [6.07, 6.45) is 3.13. The molecule has 2 aromatic rings. The summed E-state index contributed by atoms with van der Waals surface area (Å²) in [5.41, 5.74) is 1.39. The molecular formula is C17H19ClN2O2. The van der Waals surface area contributed by atoms with Crippen LogP contribution in [0.25, 0.3) is 10.9 Å². The molecule has 1 saturated heterocycles. The minimum absolute atomic E-state index is 0.583. The summed E-state index contributed by atoms with van der Waals surface area (Å²) in [5.74, 6) is -0.688. The van der Waals surface area contributed by atoms with E-state index in [0.29, 0.717) is 31.0 Å². The van der Waals surface area contributed by atoms with Crippen molar-refractivity contribution in [2.75, 3.05) is 13.1 Å². The van der Waals surface area contributed by atoms with Crippen LogP contribution in [0.15, 0.2) is 30.5 Å². The van der Waals surface area contributed by atoms with Gasteiger partial charge in [-0.2, -0.15) is 0 Å². The lowest BCUT2D eigenvalue weighted by Crippen LogP contribution is -2.33. The van der Waals surface area contributed by atoms with Crippen LogP contribution in [0.5, 0.6) is 0 Å². The number of carbonyl (C=O) groups is 1. The SMILES string of the molecule is CCC1(C(=O)O)CCN(Cc2cc(Cl)cc3cccnc23)C1. The zero-order valence-electron chi connectivity index (χ0n) is 12.6. The average molecular weight is 319 g/mol. The zero-order valence-corrected chi connectivity index (χ0v) is 13.3. The van der Waals surface area contributed by atoms with Crippen molar-refractivity contribution in [3.63, 3.8) is 0 Å². The van der Waals surface area contributed by atoms with Gasteiger partial charge in [0.25, 0.3) is 0 Å². The maximum atomic E-state index is 11.6. The number of halogens is 1. The van der Waals surface area contributed by atoms with E-state index in [2.05, 4.69) is 9.88 Å². The maximum absolute atomic E-state index is 11.6. The number of carboxylic acid groups (broad SMARTS) is 1. The van der Waals surface area contributed by atoms with Crippen LogP contribution in [-0.2, 0) is 11.3 Å². The number of hydrogen-bond acceptors (Lipinski definition) is 3. The number of aliphatic carboxylic acids is 1. The Balaban J connectivity index is 1.87. The van der Waals surface area contributed by atoms with Gasteiger partial charge in [0.2, 0.25) is 0 Å². The molecule has 0 radical (unpaired) electrons. The Morgan fingerprint density at radius 1 is 1.50 bits per heavy atom. The van der Waals surface area contributed by atoms with Gasteiger partial charge in [-0.15, -0.1) is 0 Å². The quantitative estimate of drug-likeness (QED) is 0.936. The highest BCUT2D eigenvalue weighted by molar-refractivity contribution is 6.31. The van der Waals surface area contributed by atoms with Gasteiger partial charge in [-0.1, -0.05) is 24.6 Å². The van der Waals surface area contributed by atoms with E-state index in [1.54, 1.807) is 6.20 Å². The molecule has 0 spiro atoms. The van der Waals surface area contributed by atoms with Gasteiger partial charge in [-0.25, -0.2) is 0 Å². The predicted molar refractivity (Wildman–Crippen MR) is 87.0 cm³/mol. The molecule has 1 aromatic heterocycles. The molecule has 1 atom stereocenters. The van der Waals surface area contributed by atoms with Crippen molar-refractivity contribution < 1.29 is 9.90 Å². The molecule has 1 N–H and O–H groups in total. The molecule has 1 aliphatic rings. The molecule has 1 unspecified atom stereocenters. The lowest BCUT2D eigenvalue weighted by molar-refractivity contribution is -0.148. The van der Waals surface area contributed by atoms with Crippen LogP contribution in [0.2, 0.25) is 5.02 Å². The minimum Gasteiger partial charge on any atom is -0.481 e. The van der Waals surface area contributed by atoms with Gasteiger partial charge >= 0.3 is 5.97 Å². The van der Waals surface area contributed by atoms with Gasteiger partial charge in [0.05, 0.1) is 10.9 Å². The van der Waals surface area contributed by atoms with Crippen LogP contribution in [0.3, 0.4) is 0 Å². The molecule has 1 aromatic carbocycles. The molecule has 22 heavy (non-hydrogen) atoms. The van der Waals surface area contributed by atoms with Crippen molar-refractivity contribution in [3.05, 3.63) is 41.0 Å². The summed E-state index contributed by atoms with van der Waals surface area (Å²) in [4.78, 5) is 18.2. The third kappa shape index (κ3) is 2.69. The minimum atomic E-state index is -0.688. The maximum Gasteiger partial charge on any atom is 0.310 e. The Bertz CT molecular complexity index is 719. The number of benzene rings is 1. The second-order valence-electron chi connectivity index (χ2n) is 6.04. The topological polar surface area (TPSA) is 53.4 Å². The van der Waals surface area contributed by atoms with E-state index in [4.69, 9.17) is 11.6 Å². The normalized spacial score (nSPS) is 22.3. The van der Waals surface area contributed by atoms with Crippen molar-refractivity contribution in [1.82, 2.24) is 9.88 Å². The molecule has 5 heteroatoms. The molecule has 3 rings (SSSR count). The van der Waals surface area contributed by atoms with E-state index < -0.39 is 11.4 Å². The number of rotatable bonds is 4. The van der Waals surface area contributed by atoms with Crippen LogP contribution in [-0.4, -0.2) is 34.0 Å². The average Bonchev–Trinajstić information content (AvgIpc) is 2.92. The Kier molecular flexibility index (Phi) is 4.06. The van der Waals surface area contributed by atoms with Crippen LogP contribution in [0.4, 0.5) is 0 Å². The Labute approximate surface area is 134 Å². The molecule has 0 amide bonds. The lowest BCUT2D eigenvalue weighted by Gasteiger charge is -2.23. The fourth-order valence-corrected chi connectivity index (χ4v) is 3.55. The van der Waals surface area contributed by atoms with Gasteiger partial charge in [-0.3, -0.25) is 14.7 Å². The standard InChI is InChI=1S/C17H19ClN2O2/c1-2-17(16(21)22)5-7-20(11-17)10-13-9-14(18)8-12-4-3-6-19-15(12)13/h3-4,6,8-9H,2,5,7,10-11H2,1H3,(H,21,22). The van der Waals surface area contributed by atoms with Crippen molar-refractivity contribution in [3.8, 4) is 0 Å². The first-order chi connectivity index (χ1) is 10.5. The smallest absolute Gasteiger partial charge is 0.310 e. The highest BCUT2D eigenvalue weighted by atomic mass is 35.5. The van der Waals surface area contributed by atoms with Crippen molar-refractivity contribution in [2.45, 2.75) is 26.3 Å². The van der Waals surface area contributed by atoms with Crippen molar-refractivity contribution in [1.29, 1.82) is 0 Å². The molecule has 4 nitrogen and oxygen atoms in total. The summed E-state index contributed by atoms with van der Waals surface area (Å²) in [5, 5.41) is 11.2. The van der Waals surface area contributed by atoms with Crippen molar-refractivity contribution in [2.24, 2.45) is 5.41 Å². The van der Waals surface area contributed by atoms with Gasteiger partial charge in [0.1, 0.15) is 0 Å². The summed E-state index contributed by atoms with van der Waals surface area (Å²) < 4.78 is 0. The van der Waals surface area contributed by atoms with E-state index in [1.165, 1.54) is 0 Å². The largest absolute Gasteiger partial charge is 0.481 e. The summed E-state index contributed by atoms with van der Waals surface area (Å²) in [6, 6.07) is 7.73. The number of likely N-dealkylation sites (tertiary alicyclic amines) is 1. The Hall–Kier alpha value is -1.65. The number of carboxylic acids is 1. The van der Waals surface area contributed by atoms with E-state index >= 15 is 0 Å². The number of fused-ring (bicyclic) bond motifs is 1. The van der Waals surface area contributed by atoms with Crippen LogP contribution < -0.4 is 0 Å². The van der Waals surface area contributed by atoms with Gasteiger partial charge in [-0.05, 0) is 43.1 Å². The summed E-state index contributed by atoms with van der Waals surface area (Å²) in [6.45, 7) is 4.01. The Morgan fingerprint density at radius 3 is 3.00 bits per heavy atom. The Morgan fingerprint density at radius 2 is 2.32 bits per heavy atom. The first-order valence-corrected chi connectivity index (χ1v) is 7.91. The molecule has 0 bridgehead atoms. The molecule has 1 aliphatic heterocycles. The van der Waals surface area contributed by atoms with E-state index in [0.717, 1.165) is 23.0 Å². The van der Waals surface area contributed by atoms with Crippen LogP contribution in [0.1, 0.15) is 25.3 Å². The first-order valence-electron chi connectivity index (χ1n) is 7.53. The number of hydrogen-bond donors (Lipinski definition) is 1. The second kappa shape index (κ2) is 5.86.